The molecule has 2 unspecified atom stereocenters. The number of nitrogens with zero attached hydrogens (tertiary/aromatic N) is 1. The minimum absolute atomic E-state index is 0.482. The van der Waals surface area contributed by atoms with Crippen molar-refractivity contribution in [3.05, 3.63) is 29.3 Å². The van der Waals surface area contributed by atoms with Gasteiger partial charge in [0.15, 0.2) is 0 Å². The summed E-state index contributed by atoms with van der Waals surface area (Å²) in [6, 6.07) is 6.26. The summed E-state index contributed by atoms with van der Waals surface area (Å²) in [5.41, 5.74) is 9.18. The molecule has 2 atom stereocenters. The summed E-state index contributed by atoms with van der Waals surface area (Å²) >= 11 is 5.12. The Morgan fingerprint density at radius 1 is 1.53 bits per heavy atom. The highest BCUT2D eigenvalue weighted by Crippen LogP contribution is 2.39. The summed E-state index contributed by atoms with van der Waals surface area (Å²) in [6.45, 7) is 5.50. The zero-order valence-corrected chi connectivity index (χ0v) is 11.6. The summed E-state index contributed by atoms with van der Waals surface area (Å²) < 4.78 is 0. The van der Waals surface area contributed by atoms with E-state index in [9.17, 15) is 0 Å². The highest BCUT2D eigenvalue weighted by molar-refractivity contribution is 7.80. The van der Waals surface area contributed by atoms with E-state index in [2.05, 4.69) is 37.9 Å². The molecule has 0 amide bonds. The van der Waals surface area contributed by atoms with E-state index >= 15 is 0 Å². The van der Waals surface area contributed by atoms with Crippen molar-refractivity contribution < 1.29 is 0 Å². The molecule has 92 valence electrons. The molecule has 2 rings (SSSR count). The summed E-state index contributed by atoms with van der Waals surface area (Å²) in [6.07, 6.45) is 1.35. The second-order valence-corrected chi connectivity index (χ2v) is 5.68. The molecule has 0 saturated heterocycles. The molecule has 3 heteroatoms. The third-order valence-corrected chi connectivity index (χ3v) is 3.83. The molecular weight excluding hydrogens is 228 g/mol. The summed E-state index contributed by atoms with van der Waals surface area (Å²) in [5, 5.41) is 0. The number of hydrogen-bond acceptors (Lipinski definition) is 2. The zero-order valence-electron chi connectivity index (χ0n) is 10.7. The van der Waals surface area contributed by atoms with Gasteiger partial charge in [0, 0.05) is 24.8 Å². The van der Waals surface area contributed by atoms with Crippen molar-refractivity contribution >= 4 is 22.9 Å². The molecule has 17 heavy (non-hydrogen) atoms. The van der Waals surface area contributed by atoms with Gasteiger partial charge in [-0.3, -0.25) is 0 Å². The van der Waals surface area contributed by atoms with Gasteiger partial charge in [-0.05, 0) is 42.9 Å². The fourth-order valence-corrected chi connectivity index (χ4v) is 2.44. The first kappa shape index (κ1) is 12.4. The third kappa shape index (κ3) is 2.78. The monoisotopic (exact) mass is 248 g/mol. The minimum Gasteiger partial charge on any atom is -0.389 e. The maximum atomic E-state index is 5.78. The summed E-state index contributed by atoms with van der Waals surface area (Å²) in [4.78, 5) is 2.77. The molecule has 0 radical (unpaired) electrons. The number of hydrogen-bond donors (Lipinski definition) is 1. The van der Waals surface area contributed by atoms with E-state index in [1.165, 1.54) is 12.0 Å². The van der Waals surface area contributed by atoms with Gasteiger partial charge in [0.2, 0.25) is 0 Å². The largest absolute Gasteiger partial charge is 0.389 e. The van der Waals surface area contributed by atoms with Crippen LogP contribution in [0.1, 0.15) is 24.5 Å². The van der Waals surface area contributed by atoms with Crippen LogP contribution in [0.4, 0.5) is 5.69 Å². The Hall–Kier alpha value is -1.09. The van der Waals surface area contributed by atoms with Gasteiger partial charge in [0.1, 0.15) is 4.99 Å². The number of benzene rings is 1. The van der Waals surface area contributed by atoms with Crippen LogP contribution in [0.5, 0.6) is 0 Å². The van der Waals surface area contributed by atoms with Gasteiger partial charge < -0.3 is 10.6 Å². The lowest BCUT2D eigenvalue weighted by molar-refractivity contribution is 0.725. The molecule has 1 aromatic carbocycles. The van der Waals surface area contributed by atoms with Gasteiger partial charge >= 0.3 is 0 Å². The zero-order chi connectivity index (χ0) is 12.6. The SMILES string of the molecule is Cc1ccc(C(N)=S)c(N(C)CC2CC2C)c1. The minimum atomic E-state index is 0.482. The van der Waals surface area contributed by atoms with Crippen molar-refractivity contribution in [1.82, 2.24) is 0 Å². The molecule has 1 aliphatic carbocycles. The normalized spacial score (nSPS) is 22.3. The van der Waals surface area contributed by atoms with Crippen LogP contribution >= 0.6 is 12.2 Å². The van der Waals surface area contributed by atoms with Gasteiger partial charge in [-0.1, -0.05) is 25.2 Å². The Morgan fingerprint density at radius 2 is 2.18 bits per heavy atom. The maximum Gasteiger partial charge on any atom is 0.106 e. The molecule has 0 aliphatic heterocycles. The van der Waals surface area contributed by atoms with Crippen molar-refractivity contribution in [2.45, 2.75) is 20.3 Å². The lowest BCUT2D eigenvalue weighted by Gasteiger charge is -2.22. The fraction of sp³-hybridized carbons (Fsp3) is 0.500. The van der Waals surface area contributed by atoms with Crippen LogP contribution in [-0.2, 0) is 0 Å². The van der Waals surface area contributed by atoms with Crippen LogP contribution in [0.2, 0.25) is 0 Å². The molecule has 1 saturated carbocycles. The second-order valence-electron chi connectivity index (χ2n) is 5.24. The van der Waals surface area contributed by atoms with Crippen molar-refractivity contribution in [3.63, 3.8) is 0 Å². The molecule has 2 N–H and O–H groups in total. The van der Waals surface area contributed by atoms with Gasteiger partial charge in [-0.15, -0.1) is 0 Å². The average Bonchev–Trinajstić information content (AvgIpc) is 2.93. The number of rotatable bonds is 4. The Labute approximate surface area is 109 Å². The van der Waals surface area contributed by atoms with Crippen molar-refractivity contribution in [1.29, 1.82) is 0 Å². The van der Waals surface area contributed by atoms with Crippen molar-refractivity contribution in [2.75, 3.05) is 18.5 Å². The molecular formula is C14H20N2S. The molecule has 2 nitrogen and oxygen atoms in total. The highest BCUT2D eigenvalue weighted by atomic mass is 32.1. The molecule has 0 aromatic heterocycles. The first-order valence-corrected chi connectivity index (χ1v) is 6.51. The van der Waals surface area contributed by atoms with Crippen LogP contribution in [0, 0.1) is 18.8 Å². The Kier molecular flexibility index (Phi) is 3.38. The second kappa shape index (κ2) is 4.65. The number of thiocarbonyl (C=S) groups is 1. The van der Waals surface area contributed by atoms with E-state index in [0.29, 0.717) is 4.99 Å². The van der Waals surface area contributed by atoms with Gasteiger partial charge in [0.05, 0.1) is 0 Å². The van der Waals surface area contributed by atoms with E-state index in [0.717, 1.165) is 29.6 Å². The van der Waals surface area contributed by atoms with Gasteiger partial charge in [0.25, 0.3) is 0 Å². The quantitative estimate of drug-likeness (QED) is 0.831. The predicted octanol–water partition coefficient (Wildman–Crippen LogP) is 2.72. The molecule has 1 fully saturated rings. The number of anilines is 1. The van der Waals surface area contributed by atoms with Crippen LogP contribution in [0.15, 0.2) is 18.2 Å². The Morgan fingerprint density at radius 3 is 2.71 bits per heavy atom. The lowest BCUT2D eigenvalue weighted by Crippen LogP contribution is -2.24. The predicted molar refractivity (Wildman–Crippen MR) is 77.6 cm³/mol. The standard InChI is InChI=1S/C14H20N2S/c1-9-4-5-12(14(15)17)13(6-9)16(3)8-11-7-10(11)2/h4-6,10-11H,7-8H2,1-3H3,(H2,15,17). The topological polar surface area (TPSA) is 29.3 Å². The molecule has 1 aromatic rings. The van der Waals surface area contributed by atoms with E-state index in [-0.39, 0.29) is 0 Å². The smallest absolute Gasteiger partial charge is 0.106 e. The Bertz CT molecular complexity index is 442. The van der Waals surface area contributed by atoms with Gasteiger partial charge in [-0.25, -0.2) is 0 Å². The molecule has 0 spiro atoms. The van der Waals surface area contributed by atoms with Crippen LogP contribution in [0.25, 0.3) is 0 Å². The average molecular weight is 248 g/mol. The molecule has 0 bridgehead atoms. The number of aryl methyl sites for hydroxylation is 1. The van der Waals surface area contributed by atoms with Crippen LogP contribution in [0.3, 0.4) is 0 Å². The van der Waals surface area contributed by atoms with Gasteiger partial charge in [-0.2, -0.15) is 0 Å². The molecule has 1 aliphatic rings. The van der Waals surface area contributed by atoms with Crippen LogP contribution < -0.4 is 10.6 Å². The fourth-order valence-electron chi connectivity index (χ4n) is 2.27. The van der Waals surface area contributed by atoms with E-state index < -0.39 is 0 Å². The van der Waals surface area contributed by atoms with E-state index in [1.54, 1.807) is 0 Å². The lowest BCUT2D eigenvalue weighted by atomic mass is 10.1. The first-order valence-electron chi connectivity index (χ1n) is 6.10. The summed E-state index contributed by atoms with van der Waals surface area (Å²) in [5.74, 6) is 1.70. The van der Waals surface area contributed by atoms with E-state index in [1.807, 2.05) is 6.07 Å². The maximum absolute atomic E-state index is 5.78. The van der Waals surface area contributed by atoms with Crippen molar-refractivity contribution in [3.8, 4) is 0 Å². The van der Waals surface area contributed by atoms with Crippen LogP contribution in [-0.4, -0.2) is 18.6 Å². The highest BCUT2D eigenvalue weighted by Gasteiger charge is 2.33. The third-order valence-electron chi connectivity index (χ3n) is 3.61. The molecule has 0 heterocycles. The first-order chi connectivity index (χ1) is 7.99. The van der Waals surface area contributed by atoms with Crippen molar-refractivity contribution in [2.24, 2.45) is 17.6 Å². The van der Waals surface area contributed by atoms with E-state index in [4.69, 9.17) is 18.0 Å². The summed E-state index contributed by atoms with van der Waals surface area (Å²) in [7, 11) is 2.13. The Balaban J connectivity index is 2.22. The number of nitrogens with two attached hydrogens (primary N) is 1.